The number of piperazine rings is 1. The van der Waals surface area contributed by atoms with Crippen molar-refractivity contribution in [1.29, 1.82) is 0 Å². The number of rotatable bonds is 2. The molecule has 0 amide bonds. The van der Waals surface area contributed by atoms with Gasteiger partial charge in [0.1, 0.15) is 5.82 Å². The quantitative estimate of drug-likeness (QED) is 0.638. The first-order chi connectivity index (χ1) is 10.3. The lowest BCUT2D eigenvalue weighted by Crippen LogP contribution is -2.50. The van der Waals surface area contributed by atoms with Gasteiger partial charge in [0.2, 0.25) is 5.95 Å². The van der Waals surface area contributed by atoms with E-state index in [4.69, 9.17) is 5.84 Å². The Labute approximate surface area is 123 Å². The second-order valence-corrected chi connectivity index (χ2v) is 5.81. The number of hydrogen-bond donors (Lipinski definition) is 2. The molecule has 0 bridgehead atoms. The van der Waals surface area contributed by atoms with Gasteiger partial charge in [-0.2, -0.15) is 4.98 Å². The van der Waals surface area contributed by atoms with Gasteiger partial charge in [-0.3, -0.25) is 10.3 Å². The molecule has 110 valence electrons. The summed E-state index contributed by atoms with van der Waals surface area (Å²) in [5, 5.41) is 1.10. The Morgan fingerprint density at radius 3 is 2.95 bits per heavy atom. The summed E-state index contributed by atoms with van der Waals surface area (Å²) in [7, 11) is 0. The van der Waals surface area contributed by atoms with Crippen molar-refractivity contribution in [2.24, 2.45) is 5.84 Å². The van der Waals surface area contributed by atoms with Gasteiger partial charge in [-0.15, -0.1) is 0 Å². The predicted octanol–water partition coefficient (Wildman–Crippen LogP) is 1.20. The molecule has 4 rings (SSSR count). The second-order valence-electron chi connectivity index (χ2n) is 5.81. The van der Waals surface area contributed by atoms with E-state index >= 15 is 0 Å². The zero-order valence-electron chi connectivity index (χ0n) is 12.0. The van der Waals surface area contributed by atoms with Crippen molar-refractivity contribution in [2.75, 3.05) is 36.5 Å². The highest BCUT2D eigenvalue weighted by Crippen LogP contribution is 2.29. The zero-order valence-corrected chi connectivity index (χ0v) is 12.0. The third-order valence-corrected chi connectivity index (χ3v) is 4.60. The highest BCUT2D eigenvalue weighted by Gasteiger charge is 2.31. The minimum Gasteiger partial charge on any atom is -0.353 e. The molecule has 21 heavy (non-hydrogen) atoms. The van der Waals surface area contributed by atoms with E-state index in [0.29, 0.717) is 12.0 Å². The van der Waals surface area contributed by atoms with E-state index in [-0.39, 0.29) is 0 Å². The third-order valence-electron chi connectivity index (χ3n) is 4.60. The SMILES string of the molecule is NNc1nc(N2CCN3CCCC3C2)c2ccccc2n1. The highest BCUT2D eigenvalue weighted by atomic mass is 15.3. The van der Waals surface area contributed by atoms with Gasteiger partial charge in [-0.05, 0) is 31.5 Å². The molecule has 0 radical (unpaired) electrons. The predicted molar refractivity (Wildman–Crippen MR) is 84.2 cm³/mol. The fraction of sp³-hybridized carbons (Fsp3) is 0.467. The average Bonchev–Trinajstić information content (AvgIpc) is 3.01. The topological polar surface area (TPSA) is 70.3 Å². The van der Waals surface area contributed by atoms with Crippen LogP contribution in [-0.2, 0) is 0 Å². The number of aromatic nitrogens is 2. The lowest BCUT2D eigenvalue weighted by Gasteiger charge is -2.38. The summed E-state index contributed by atoms with van der Waals surface area (Å²) in [6.07, 6.45) is 2.61. The molecule has 1 aromatic heterocycles. The maximum atomic E-state index is 5.52. The monoisotopic (exact) mass is 284 g/mol. The molecule has 1 aromatic carbocycles. The first-order valence-corrected chi connectivity index (χ1v) is 7.57. The number of benzene rings is 1. The van der Waals surface area contributed by atoms with Crippen molar-refractivity contribution in [2.45, 2.75) is 18.9 Å². The van der Waals surface area contributed by atoms with Crippen LogP contribution in [0, 0.1) is 0 Å². The number of hydrazine groups is 1. The lowest BCUT2D eigenvalue weighted by molar-refractivity contribution is 0.230. The number of para-hydroxylation sites is 1. The van der Waals surface area contributed by atoms with Gasteiger partial charge in [0.05, 0.1) is 5.52 Å². The van der Waals surface area contributed by atoms with Crippen molar-refractivity contribution in [3.63, 3.8) is 0 Å². The molecule has 3 N–H and O–H groups in total. The van der Waals surface area contributed by atoms with E-state index in [2.05, 4.69) is 31.3 Å². The van der Waals surface area contributed by atoms with Crippen LogP contribution in [-0.4, -0.2) is 47.1 Å². The molecular formula is C15H20N6. The summed E-state index contributed by atoms with van der Waals surface area (Å²) in [6.45, 7) is 4.43. The van der Waals surface area contributed by atoms with Crippen LogP contribution >= 0.6 is 0 Å². The molecule has 1 atom stereocenters. The van der Waals surface area contributed by atoms with Crippen LogP contribution in [0.4, 0.5) is 11.8 Å². The molecule has 2 aliphatic rings. The minimum atomic E-state index is 0.484. The Bertz CT molecular complexity index is 658. The van der Waals surface area contributed by atoms with Crippen LogP contribution in [0.2, 0.25) is 0 Å². The molecule has 0 saturated carbocycles. The van der Waals surface area contributed by atoms with Crippen molar-refractivity contribution >= 4 is 22.7 Å². The van der Waals surface area contributed by atoms with Gasteiger partial charge in [0, 0.05) is 31.1 Å². The maximum Gasteiger partial charge on any atom is 0.239 e. The van der Waals surface area contributed by atoms with Crippen molar-refractivity contribution in [3.8, 4) is 0 Å². The van der Waals surface area contributed by atoms with Gasteiger partial charge in [0.15, 0.2) is 0 Å². The fourth-order valence-electron chi connectivity index (χ4n) is 3.55. The van der Waals surface area contributed by atoms with Crippen LogP contribution in [0.1, 0.15) is 12.8 Å². The van der Waals surface area contributed by atoms with Crippen LogP contribution in [0.25, 0.3) is 10.9 Å². The van der Waals surface area contributed by atoms with Gasteiger partial charge in [0.25, 0.3) is 0 Å². The summed E-state index contributed by atoms with van der Waals surface area (Å²) in [4.78, 5) is 14.0. The van der Waals surface area contributed by atoms with E-state index in [9.17, 15) is 0 Å². The zero-order chi connectivity index (χ0) is 14.2. The fourth-order valence-corrected chi connectivity index (χ4v) is 3.55. The molecular weight excluding hydrogens is 264 g/mol. The Morgan fingerprint density at radius 2 is 2.05 bits per heavy atom. The Hall–Kier alpha value is -1.92. The number of anilines is 2. The van der Waals surface area contributed by atoms with Crippen molar-refractivity contribution < 1.29 is 0 Å². The van der Waals surface area contributed by atoms with Crippen molar-refractivity contribution in [1.82, 2.24) is 14.9 Å². The number of nitrogens with two attached hydrogens (primary N) is 1. The van der Waals surface area contributed by atoms with Crippen LogP contribution in [0.15, 0.2) is 24.3 Å². The first-order valence-electron chi connectivity index (χ1n) is 7.57. The Kier molecular flexibility index (Phi) is 3.12. The van der Waals surface area contributed by atoms with E-state index < -0.39 is 0 Å². The van der Waals surface area contributed by atoms with Gasteiger partial charge >= 0.3 is 0 Å². The molecule has 0 aliphatic carbocycles. The minimum absolute atomic E-state index is 0.484. The number of fused-ring (bicyclic) bond motifs is 2. The second kappa shape index (κ2) is 5.13. The lowest BCUT2D eigenvalue weighted by atomic mass is 10.1. The number of nitrogens with one attached hydrogen (secondary N) is 1. The average molecular weight is 284 g/mol. The Morgan fingerprint density at radius 1 is 1.14 bits per heavy atom. The summed E-state index contributed by atoms with van der Waals surface area (Å²) in [5.41, 5.74) is 3.52. The van der Waals surface area contributed by atoms with Gasteiger partial charge in [-0.25, -0.2) is 10.8 Å². The molecule has 2 aromatic rings. The van der Waals surface area contributed by atoms with E-state index in [0.717, 1.165) is 36.4 Å². The maximum absolute atomic E-state index is 5.52. The Balaban J connectivity index is 1.75. The summed E-state index contributed by atoms with van der Waals surface area (Å²) < 4.78 is 0. The van der Waals surface area contributed by atoms with E-state index in [1.54, 1.807) is 0 Å². The molecule has 2 fully saturated rings. The third kappa shape index (κ3) is 2.20. The largest absolute Gasteiger partial charge is 0.353 e. The highest BCUT2D eigenvalue weighted by molar-refractivity contribution is 5.90. The van der Waals surface area contributed by atoms with Crippen molar-refractivity contribution in [3.05, 3.63) is 24.3 Å². The van der Waals surface area contributed by atoms with Gasteiger partial charge in [-0.1, -0.05) is 12.1 Å². The smallest absolute Gasteiger partial charge is 0.239 e. The molecule has 0 spiro atoms. The van der Waals surface area contributed by atoms with Crippen LogP contribution in [0.3, 0.4) is 0 Å². The summed E-state index contributed by atoms with van der Waals surface area (Å²) >= 11 is 0. The standard InChI is InChI=1S/C15H20N6/c16-19-15-17-13-6-2-1-5-12(13)14(18-15)21-9-8-20-7-3-4-11(20)10-21/h1-2,5-6,11H,3-4,7-10,16H2,(H,17,18,19). The number of nitrogens with zero attached hydrogens (tertiary/aromatic N) is 4. The molecule has 2 aliphatic heterocycles. The number of nitrogen functional groups attached to an aromatic ring is 1. The van der Waals surface area contributed by atoms with Crippen LogP contribution in [0.5, 0.6) is 0 Å². The van der Waals surface area contributed by atoms with E-state index in [1.807, 2.05) is 18.2 Å². The molecule has 2 saturated heterocycles. The molecule has 6 heteroatoms. The molecule has 3 heterocycles. The summed E-state index contributed by atoms with van der Waals surface area (Å²) in [5.74, 6) is 7.01. The van der Waals surface area contributed by atoms with E-state index in [1.165, 1.54) is 19.4 Å². The first kappa shape index (κ1) is 12.8. The molecule has 6 nitrogen and oxygen atoms in total. The normalized spacial score (nSPS) is 22.5. The molecule has 1 unspecified atom stereocenters. The van der Waals surface area contributed by atoms with Gasteiger partial charge < -0.3 is 4.90 Å². The number of hydrogen-bond acceptors (Lipinski definition) is 6. The van der Waals surface area contributed by atoms with Crippen LogP contribution < -0.4 is 16.2 Å². The summed E-state index contributed by atoms with van der Waals surface area (Å²) in [6, 6.07) is 8.80.